The second-order valence-corrected chi connectivity index (χ2v) is 5.95. The fourth-order valence-corrected chi connectivity index (χ4v) is 2.23. The van der Waals surface area contributed by atoms with Crippen LogP contribution in [-0.2, 0) is 0 Å². The molecule has 0 fully saturated rings. The van der Waals surface area contributed by atoms with E-state index in [2.05, 4.69) is 41.4 Å². The molecular weight excluding hydrogens is 246 g/mol. The monoisotopic (exact) mass is 265 g/mol. The minimum atomic E-state index is -0.110. The van der Waals surface area contributed by atoms with Crippen LogP contribution in [0.4, 0.5) is 0 Å². The summed E-state index contributed by atoms with van der Waals surface area (Å²) in [6.45, 7) is 10.6. The number of pyridine rings is 1. The van der Waals surface area contributed by atoms with Crippen LogP contribution in [-0.4, -0.2) is 14.5 Å². The van der Waals surface area contributed by atoms with Crippen molar-refractivity contribution in [3.63, 3.8) is 0 Å². The summed E-state index contributed by atoms with van der Waals surface area (Å²) in [5, 5.41) is -0.110. The van der Waals surface area contributed by atoms with Crippen molar-refractivity contribution in [3.05, 3.63) is 23.7 Å². The molecule has 0 amide bonds. The van der Waals surface area contributed by atoms with Gasteiger partial charge in [0.2, 0.25) is 0 Å². The van der Waals surface area contributed by atoms with Crippen molar-refractivity contribution in [3.8, 4) is 0 Å². The predicted octanol–water partition coefficient (Wildman–Crippen LogP) is 4.26. The van der Waals surface area contributed by atoms with E-state index in [1.807, 2.05) is 20.0 Å². The van der Waals surface area contributed by atoms with Crippen molar-refractivity contribution in [1.29, 1.82) is 0 Å². The van der Waals surface area contributed by atoms with Crippen molar-refractivity contribution in [1.82, 2.24) is 14.5 Å². The quantitative estimate of drug-likeness (QED) is 0.777. The summed E-state index contributed by atoms with van der Waals surface area (Å²) in [4.78, 5) is 9.17. The van der Waals surface area contributed by atoms with Crippen LogP contribution < -0.4 is 0 Å². The topological polar surface area (TPSA) is 30.7 Å². The largest absolute Gasteiger partial charge is 0.308 e. The van der Waals surface area contributed by atoms with Crippen LogP contribution in [0.15, 0.2) is 12.3 Å². The first kappa shape index (κ1) is 13.3. The molecule has 0 aromatic carbocycles. The maximum absolute atomic E-state index is 6.26. The van der Waals surface area contributed by atoms with Gasteiger partial charge in [0.1, 0.15) is 11.3 Å². The second-order valence-electron chi connectivity index (χ2n) is 5.30. The second kappa shape index (κ2) is 4.88. The van der Waals surface area contributed by atoms with Gasteiger partial charge in [0.25, 0.3) is 0 Å². The molecular formula is C14H20ClN3. The fourth-order valence-electron chi connectivity index (χ4n) is 2.08. The Kier molecular flexibility index (Phi) is 3.62. The van der Waals surface area contributed by atoms with Gasteiger partial charge in [0, 0.05) is 12.2 Å². The first-order valence-electron chi connectivity index (χ1n) is 6.40. The van der Waals surface area contributed by atoms with Gasteiger partial charge < -0.3 is 4.57 Å². The van der Waals surface area contributed by atoms with Crippen LogP contribution in [0.2, 0.25) is 0 Å². The van der Waals surface area contributed by atoms with Gasteiger partial charge in [-0.1, -0.05) is 13.8 Å². The van der Waals surface area contributed by atoms with E-state index in [4.69, 9.17) is 11.6 Å². The zero-order valence-corrected chi connectivity index (χ0v) is 12.4. The molecule has 0 N–H and O–H groups in total. The van der Waals surface area contributed by atoms with Gasteiger partial charge in [-0.3, -0.25) is 0 Å². The third kappa shape index (κ3) is 2.24. The van der Waals surface area contributed by atoms with E-state index in [1.54, 1.807) is 0 Å². The number of rotatable bonds is 3. The molecule has 0 saturated carbocycles. The van der Waals surface area contributed by atoms with E-state index < -0.39 is 0 Å². The molecule has 18 heavy (non-hydrogen) atoms. The highest BCUT2D eigenvalue weighted by atomic mass is 35.5. The number of halogens is 1. The summed E-state index contributed by atoms with van der Waals surface area (Å²) < 4.78 is 2.18. The lowest BCUT2D eigenvalue weighted by atomic mass is 10.1. The van der Waals surface area contributed by atoms with E-state index in [-0.39, 0.29) is 5.38 Å². The molecule has 0 aliphatic heterocycles. The number of alkyl halides is 1. The van der Waals surface area contributed by atoms with Crippen LogP contribution >= 0.6 is 11.6 Å². The van der Waals surface area contributed by atoms with Crippen LogP contribution in [0.1, 0.15) is 50.5 Å². The highest BCUT2D eigenvalue weighted by Crippen LogP contribution is 2.30. The van der Waals surface area contributed by atoms with Gasteiger partial charge in [0.05, 0.1) is 5.38 Å². The Morgan fingerprint density at radius 1 is 1.22 bits per heavy atom. The molecule has 4 heteroatoms. The molecule has 2 unspecified atom stereocenters. The SMILES string of the molecule is Cc1cnc2c(c1)nc(C(C)Cl)n2C(C)C(C)C. The molecule has 98 valence electrons. The van der Waals surface area contributed by atoms with Gasteiger partial charge in [-0.25, -0.2) is 9.97 Å². The van der Waals surface area contributed by atoms with Crippen molar-refractivity contribution in [2.24, 2.45) is 5.92 Å². The molecule has 3 nitrogen and oxygen atoms in total. The lowest BCUT2D eigenvalue weighted by Crippen LogP contribution is -2.15. The number of aromatic nitrogens is 3. The maximum Gasteiger partial charge on any atom is 0.160 e. The van der Waals surface area contributed by atoms with Crippen molar-refractivity contribution >= 4 is 22.8 Å². The maximum atomic E-state index is 6.26. The van der Waals surface area contributed by atoms with Crippen molar-refractivity contribution in [2.45, 2.75) is 46.0 Å². The predicted molar refractivity (Wildman–Crippen MR) is 76.1 cm³/mol. The summed E-state index contributed by atoms with van der Waals surface area (Å²) in [6.07, 6.45) is 1.89. The summed E-state index contributed by atoms with van der Waals surface area (Å²) in [5.41, 5.74) is 2.99. The normalized spacial score (nSPS) is 15.3. The van der Waals surface area contributed by atoms with Gasteiger partial charge in [-0.2, -0.15) is 0 Å². The molecule has 2 rings (SSSR count). The Morgan fingerprint density at radius 3 is 2.44 bits per heavy atom. The average Bonchev–Trinajstić information content (AvgIpc) is 2.66. The molecule has 0 spiro atoms. The van der Waals surface area contributed by atoms with Crippen molar-refractivity contribution < 1.29 is 0 Å². The Morgan fingerprint density at radius 2 is 1.89 bits per heavy atom. The lowest BCUT2D eigenvalue weighted by molar-refractivity contribution is 0.404. The molecule has 0 aliphatic carbocycles. The smallest absolute Gasteiger partial charge is 0.160 e. The van der Waals surface area contributed by atoms with Crippen molar-refractivity contribution in [2.75, 3.05) is 0 Å². The summed E-state index contributed by atoms with van der Waals surface area (Å²) >= 11 is 6.26. The minimum Gasteiger partial charge on any atom is -0.308 e. The highest BCUT2D eigenvalue weighted by Gasteiger charge is 2.21. The lowest BCUT2D eigenvalue weighted by Gasteiger charge is -2.21. The zero-order chi connectivity index (χ0) is 13.4. The molecule has 0 radical (unpaired) electrons. The standard InChI is InChI=1S/C14H20ClN3/c1-8(2)11(5)18-13(10(4)15)17-12-6-9(3)7-16-14(12)18/h6-8,10-11H,1-5H3. The zero-order valence-electron chi connectivity index (χ0n) is 11.6. The Hall–Kier alpha value is -1.09. The molecule has 2 aromatic rings. The minimum absolute atomic E-state index is 0.110. The number of hydrogen-bond acceptors (Lipinski definition) is 2. The number of aryl methyl sites for hydroxylation is 1. The average molecular weight is 266 g/mol. The highest BCUT2D eigenvalue weighted by molar-refractivity contribution is 6.20. The first-order chi connectivity index (χ1) is 8.41. The van der Waals surface area contributed by atoms with E-state index in [0.717, 1.165) is 22.6 Å². The van der Waals surface area contributed by atoms with Crippen LogP contribution in [0, 0.1) is 12.8 Å². The van der Waals surface area contributed by atoms with E-state index in [9.17, 15) is 0 Å². The van der Waals surface area contributed by atoms with E-state index >= 15 is 0 Å². The molecule has 0 aliphatic rings. The number of fused-ring (bicyclic) bond motifs is 1. The molecule has 0 saturated heterocycles. The number of imidazole rings is 1. The van der Waals surface area contributed by atoms with Gasteiger partial charge in [-0.15, -0.1) is 11.6 Å². The Labute approximate surface area is 113 Å². The Balaban J connectivity index is 2.70. The number of nitrogens with zero attached hydrogens (tertiary/aromatic N) is 3. The van der Waals surface area contributed by atoms with Gasteiger partial charge >= 0.3 is 0 Å². The molecule has 0 bridgehead atoms. The summed E-state index contributed by atoms with van der Waals surface area (Å²) in [7, 11) is 0. The Bertz CT molecular complexity index is 557. The van der Waals surface area contributed by atoms with Gasteiger partial charge in [-0.05, 0) is 38.3 Å². The molecule has 2 atom stereocenters. The van der Waals surface area contributed by atoms with Crippen LogP contribution in [0.25, 0.3) is 11.2 Å². The first-order valence-corrected chi connectivity index (χ1v) is 6.84. The fraction of sp³-hybridized carbons (Fsp3) is 0.571. The van der Waals surface area contributed by atoms with E-state index in [0.29, 0.717) is 12.0 Å². The third-order valence-corrected chi connectivity index (χ3v) is 3.62. The summed E-state index contributed by atoms with van der Waals surface area (Å²) in [6, 6.07) is 2.40. The summed E-state index contributed by atoms with van der Waals surface area (Å²) in [5.74, 6) is 1.42. The number of hydrogen-bond donors (Lipinski definition) is 0. The third-order valence-electron chi connectivity index (χ3n) is 3.42. The van der Waals surface area contributed by atoms with Gasteiger partial charge in [0.15, 0.2) is 5.65 Å². The molecule has 2 aromatic heterocycles. The van der Waals surface area contributed by atoms with Crippen LogP contribution in [0.3, 0.4) is 0 Å². The van der Waals surface area contributed by atoms with E-state index in [1.165, 1.54) is 0 Å². The van der Waals surface area contributed by atoms with Crippen LogP contribution in [0.5, 0.6) is 0 Å². The molecule has 2 heterocycles.